The fraction of sp³-hybridized carbons (Fsp3) is 0.545. The number of carbonyl (C=O) groups is 2. The molecule has 1 atom stereocenters. The van der Waals surface area contributed by atoms with E-state index in [1.54, 1.807) is 24.1 Å². The molecule has 3 heterocycles. The number of urea groups is 1. The molecule has 0 saturated carbocycles. The molecular weight excluding hydrogens is 234 g/mol. The molecule has 2 saturated heterocycles. The van der Waals surface area contributed by atoms with Gasteiger partial charge in [-0.25, -0.2) is 4.79 Å². The Morgan fingerprint density at radius 2 is 2.33 bits per heavy atom. The number of aryl methyl sites for hydroxylation is 1. The van der Waals surface area contributed by atoms with Gasteiger partial charge in [0.15, 0.2) is 0 Å². The number of nitrogens with one attached hydrogen (secondary N) is 2. The predicted molar refractivity (Wildman–Crippen MR) is 62.5 cm³/mol. The van der Waals surface area contributed by atoms with E-state index in [1.807, 2.05) is 0 Å². The highest BCUT2D eigenvalue weighted by molar-refractivity contribution is 6.07. The van der Waals surface area contributed by atoms with E-state index in [9.17, 15) is 9.59 Å². The van der Waals surface area contributed by atoms with Crippen molar-refractivity contribution in [3.05, 3.63) is 18.0 Å². The first kappa shape index (κ1) is 11.2. The highest BCUT2D eigenvalue weighted by Gasteiger charge is 2.52. The highest BCUT2D eigenvalue weighted by atomic mass is 16.2. The zero-order valence-corrected chi connectivity index (χ0v) is 10.1. The Morgan fingerprint density at radius 1 is 1.50 bits per heavy atom. The van der Waals surface area contributed by atoms with Crippen LogP contribution in [0.2, 0.25) is 0 Å². The quantitative estimate of drug-likeness (QED) is 0.673. The van der Waals surface area contributed by atoms with E-state index < -0.39 is 5.54 Å². The molecule has 0 aliphatic carbocycles. The average molecular weight is 249 g/mol. The summed E-state index contributed by atoms with van der Waals surface area (Å²) in [6.45, 7) is 1.55. The van der Waals surface area contributed by atoms with Crippen molar-refractivity contribution in [1.29, 1.82) is 0 Å². The first-order valence-corrected chi connectivity index (χ1v) is 5.93. The molecule has 2 aliphatic rings. The molecule has 0 aromatic carbocycles. The normalized spacial score (nSPS) is 27.3. The fourth-order valence-electron chi connectivity index (χ4n) is 2.54. The van der Waals surface area contributed by atoms with Crippen LogP contribution in [0.1, 0.15) is 12.0 Å². The van der Waals surface area contributed by atoms with Crippen LogP contribution in [-0.2, 0) is 18.4 Å². The van der Waals surface area contributed by atoms with E-state index in [-0.39, 0.29) is 18.5 Å². The third kappa shape index (κ3) is 1.59. The molecule has 2 fully saturated rings. The maximum absolute atomic E-state index is 12.3. The molecule has 1 unspecified atom stereocenters. The van der Waals surface area contributed by atoms with E-state index in [0.717, 1.165) is 12.1 Å². The van der Waals surface area contributed by atoms with Gasteiger partial charge in [0.05, 0.1) is 12.7 Å². The van der Waals surface area contributed by atoms with E-state index in [4.69, 9.17) is 0 Å². The summed E-state index contributed by atoms with van der Waals surface area (Å²) < 4.78 is 1.65. The third-order valence-electron chi connectivity index (χ3n) is 3.50. The maximum atomic E-state index is 12.3. The molecule has 7 nitrogen and oxygen atoms in total. The van der Waals surface area contributed by atoms with Gasteiger partial charge in [-0.15, -0.1) is 0 Å². The van der Waals surface area contributed by atoms with Crippen molar-refractivity contribution >= 4 is 11.9 Å². The van der Waals surface area contributed by atoms with Gasteiger partial charge in [-0.2, -0.15) is 5.10 Å². The van der Waals surface area contributed by atoms with Gasteiger partial charge in [0.25, 0.3) is 5.91 Å². The number of hydrogen-bond donors (Lipinski definition) is 2. The molecule has 7 heteroatoms. The molecule has 0 radical (unpaired) electrons. The van der Waals surface area contributed by atoms with Crippen molar-refractivity contribution < 1.29 is 9.59 Å². The molecular formula is C11H15N5O2. The zero-order chi connectivity index (χ0) is 12.8. The summed E-state index contributed by atoms with van der Waals surface area (Å²) >= 11 is 0. The lowest BCUT2D eigenvalue weighted by atomic mass is 9.99. The molecule has 2 aliphatic heterocycles. The van der Waals surface area contributed by atoms with Crippen molar-refractivity contribution in [1.82, 2.24) is 25.3 Å². The van der Waals surface area contributed by atoms with Crippen LogP contribution in [0.4, 0.5) is 4.79 Å². The second-order valence-electron chi connectivity index (χ2n) is 4.85. The molecule has 96 valence electrons. The molecule has 1 aromatic rings. The minimum absolute atomic E-state index is 0.138. The number of rotatable bonds is 2. The monoisotopic (exact) mass is 249 g/mol. The lowest BCUT2D eigenvalue weighted by Gasteiger charge is -2.18. The second kappa shape index (κ2) is 3.81. The molecule has 3 rings (SSSR count). The SMILES string of the molecule is Cn1cc(CN2C(=O)NC3(CCNC3)C2=O)cn1. The van der Waals surface area contributed by atoms with Crippen molar-refractivity contribution in [2.24, 2.45) is 7.05 Å². The predicted octanol–water partition coefficient (Wildman–Crippen LogP) is -0.796. The molecule has 0 bridgehead atoms. The molecule has 1 spiro atoms. The zero-order valence-electron chi connectivity index (χ0n) is 10.1. The fourth-order valence-corrected chi connectivity index (χ4v) is 2.54. The van der Waals surface area contributed by atoms with Gasteiger partial charge in [-0.05, 0) is 13.0 Å². The Kier molecular flexibility index (Phi) is 2.37. The first-order valence-electron chi connectivity index (χ1n) is 5.93. The number of amides is 3. The Bertz CT molecular complexity index is 503. The van der Waals surface area contributed by atoms with Crippen molar-refractivity contribution in [2.45, 2.75) is 18.5 Å². The van der Waals surface area contributed by atoms with Gasteiger partial charge >= 0.3 is 6.03 Å². The van der Waals surface area contributed by atoms with Gasteiger partial charge in [-0.1, -0.05) is 0 Å². The average Bonchev–Trinajstić information content (AvgIpc) is 2.99. The largest absolute Gasteiger partial charge is 0.325 e. The van der Waals surface area contributed by atoms with E-state index in [1.165, 1.54) is 4.90 Å². The lowest BCUT2D eigenvalue weighted by Crippen LogP contribution is -2.48. The minimum Gasteiger partial charge on any atom is -0.322 e. The summed E-state index contributed by atoms with van der Waals surface area (Å²) in [5.41, 5.74) is 0.128. The van der Waals surface area contributed by atoms with E-state index >= 15 is 0 Å². The standard InChI is InChI=1S/C11H15N5O2/c1-15-5-8(4-13-15)6-16-9(17)11(14-10(16)18)2-3-12-7-11/h4-5,12H,2-3,6-7H2,1H3,(H,14,18). The highest BCUT2D eigenvalue weighted by Crippen LogP contribution is 2.25. The van der Waals surface area contributed by atoms with Crippen LogP contribution in [0, 0.1) is 0 Å². The van der Waals surface area contributed by atoms with Gasteiger partial charge < -0.3 is 10.6 Å². The maximum Gasteiger partial charge on any atom is 0.325 e. The smallest absolute Gasteiger partial charge is 0.322 e. The first-order chi connectivity index (χ1) is 8.61. The Morgan fingerprint density at radius 3 is 2.94 bits per heavy atom. The van der Waals surface area contributed by atoms with Crippen LogP contribution in [0.3, 0.4) is 0 Å². The van der Waals surface area contributed by atoms with Crippen LogP contribution in [0.15, 0.2) is 12.4 Å². The number of carbonyl (C=O) groups excluding carboxylic acids is 2. The van der Waals surface area contributed by atoms with Gasteiger partial charge in [0.2, 0.25) is 0 Å². The van der Waals surface area contributed by atoms with Gasteiger partial charge in [0.1, 0.15) is 5.54 Å². The van der Waals surface area contributed by atoms with Crippen molar-refractivity contribution in [2.75, 3.05) is 13.1 Å². The minimum atomic E-state index is -0.723. The summed E-state index contributed by atoms with van der Waals surface area (Å²) in [4.78, 5) is 25.5. The second-order valence-corrected chi connectivity index (χ2v) is 4.85. The lowest BCUT2D eigenvalue weighted by molar-refractivity contribution is -0.131. The van der Waals surface area contributed by atoms with Crippen LogP contribution in [0.25, 0.3) is 0 Å². The van der Waals surface area contributed by atoms with Gasteiger partial charge in [-0.3, -0.25) is 14.4 Å². The van der Waals surface area contributed by atoms with Crippen LogP contribution < -0.4 is 10.6 Å². The molecule has 3 amide bonds. The summed E-state index contributed by atoms with van der Waals surface area (Å²) in [5.74, 6) is -0.138. The third-order valence-corrected chi connectivity index (χ3v) is 3.50. The topological polar surface area (TPSA) is 79.3 Å². The van der Waals surface area contributed by atoms with E-state index in [2.05, 4.69) is 15.7 Å². The molecule has 18 heavy (non-hydrogen) atoms. The summed E-state index contributed by atoms with van der Waals surface area (Å²) in [7, 11) is 1.80. The molecule has 1 aromatic heterocycles. The van der Waals surface area contributed by atoms with Crippen LogP contribution in [0.5, 0.6) is 0 Å². The Labute approximate surface area is 104 Å². The van der Waals surface area contributed by atoms with E-state index in [0.29, 0.717) is 13.0 Å². The summed E-state index contributed by atoms with van der Waals surface area (Å²) in [6, 6.07) is -0.312. The number of aromatic nitrogens is 2. The Balaban J connectivity index is 1.80. The molecule has 2 N–H and O–H groups in total. The Hall–Kier alpha value is -1.89. The number of hydrogen-bond acceptors (Lipinski definition) is 4. The van der Waals surface area contributed by atoms with Crippen LogP contribution >= 0.6 is 0 Å². The van der Waals surface area contributed by atoms with Crippen LogP contribution in [-0.4, -0.2) is 45.2 Å². The number of nitrogens with zero attached hydrogens (tertiary/aromatic N) is 3. The summed E-state index contributed by atoms with van der Waals surface area (Å²) in [5, 5.41) is 9.95. The number of imide groups is 1. The van der Waals surface area contributed by atoms with Crippen molar-refractivity contribution in [3.63, 3.8) is 0 Å². The summed E-state index contributed by atoms with van der Waals surface area (Å²) in [6.07, 6.45) is 4.12. The van der Waals surface area contributed by atoms with Crippen molar-refractivity contribution in [3.8, 4) is 0 Å². The van der Waals surface area contributed by atoms with Gasteiger partial charge in [0, 0.05) is 25.4 Å².